The van der Waals surface area contributed by atoms with E-state index in [0.717, 1.165) is 23.4 Å². The maximum absolute atomic E-state index is 5.72. The van der Waals surface area contributed by atoms with Gasteiger partial charge in [-0.15, -0.1) is 0 Å². The van der Waals surface area contributed by atoms with Crippen LogP contribution in [0, 0.1) is 11.8 Å². The lowest BCUT2D eigenvalue weighted by Crippen LogP contribution is -2.20. The van der Waals surface area contributed by atoms with Gasteiger partial charge in [-0.1, -0.05) is 19.8 Å². The second kappa shape index (κ2) is 5.58. The topological polar surface area (TPSA) is 60.2 Å². The third kappa shape index (κ3) is 3.03. The number of hydrogen-bond donors (Lipinski definition) is 2. The summed E-state index contributed by atoms with van der Waals surface area (Å²) in [6, 6.07) is 0. The molecule has 0 aliphatic heterocycles. The molecule has 17 heavy (non-hydrogen) atoms. The summed E-state index contributed by atoms with van der Waals surface area (Å²) in [6.07, 6.45) is 5.39. The quantitative estimate of drug-likeness (QED) is 0.868. The predicted octanol–water partition coefficient (Wildman–Crippen LogP) is 2.97. The molecule has 0 spiro atoms. The number of nitrogens with two attached hydrogens (primary N) is 1. The highest BCUT2D eigenvalue weighted by Crippen LogP contribution is 2.36. The number of methoxy groups -OCH3 is 1. The fraction of sp³-hybridized carbons (Fsp3) is 0.750. The van der Waals surface area contributed by atoms with E-state index in [2.05, 4.69) is 16.6 Å². The molecule has 0 bridgehead atoms. The van der Waals surface area contributed by atoms with Crippen molar-refractivity contribution in [3.8, 4) is 5.75 Å². The Morgan fingerprint density at radius 3 is 3.06 bits per heavy atom. The van der Waals surface area contributed by atoms with Crippen molar-refractivity contribution in [2.24, 2.45) is 11.8 Å². The van der Waals surface area contributed by atoms with Crippen LogP contribution in [0.1, 0.15) is 32.6 Å². The summed E-state index contributed by atoms with van der Waals surface area (Å²) in [6.45, 7) is 3.35. The van der Waals surface area contributed by atoms with Crippen LogP contribution >= 0.6 is 11.5 Å². The lowest BCUT2D eigenvalue weighted by Gasteiger charge is -2.26. The van der Waals surface area contributed by atoms with Crippen LogP contribution in [0.5, 0.6) is 5.75 Å². The molecule has 2 atom stereocenters. The molecule has 1 aromatic heterocycles. The van der Waals surface area contributed by atoms with E-state index in [1.54, 1.807) is 7.11 Å². The normalized spacial score (nSPS) is 24.6. The second-order valence-electron chi connectivity index (χ2n) is 4.95. The zero-order valence-electron chi connectivity index (χ0n) is 10.5. The molecule has 1 heterocycles. The average molecular weight is 255 g/mol. The standard InChI is InChI=1S/C12H21N3OS/c1-8-4-3-5-9(6-8)7-14-12-10(16-2)11(13)15-17-12/h8-9,14H,3-7H2,1-2H3,(H2,13,15). The van der Waals surface area contributed by atoms with Gasteiger partial charge in [-0.05, 0) is 36.2 Å². The Bertz CT molecular complexity index is 367. The molecular weight excluding hydrogens is 234 g/mol. The molecule has 0 saturated heterocycles. The van der Waals surface area contributed by atoms with E-state index in [0.29, 0.717) is 11.6 Å². The molecule has 0 amide bonds. The van der Waals surface area contributed by atoms with Gasteiger partial charge in [0, 0.05) is 6.54 Å². The number of nitrogens with one attached hydrogen (secondary N) is 1. The lowest BCUT2D eigenvalue weighted by atomic mass is 9.82. The maximum Gasteiger partial charge on any atom is 0.197 e. The highest BCUT2D eigenvalue weighted by molar-refractivity contribution is 7.11. The van der Waals surface area contributed by atoms with Crippen molar-refractivity contribution in [2.45, 2.75) is 32.6 Å². The fourth-order valence-corrected chi connectivity index (χ4v) is 3.28. The minimum atomic E-state index is 0.483. The van der Waals surface area contributed by atoms with Crippen molar-refractivity contribution in [2.75, 3.05) is 24.7 Å². The van der Waals surface area contributed by atoms with Crippen molar-refractivity contribution in [3.05, 3.63) is 0 Å². The molecule has 1 aliphatic carbocycles. The van der Waals surface area contributed by atoms with E-state index in [9.17, 15) is 0 Å². The van der Waals surface area contributed by atoms with Gasteiger partial charge in [-0.3, -0.25) is 0 Å². The van der Waals surface area contributed by atoms with Crippen LogP contribution in [0.2, 0.25) is 0 Å². The summed E-state index contributed by atoms with van der Waals surface area (Å²) in [7, 11) is 1.63. The SMILES string of the molecule is COc1c(N)nsc1NCC1CCCC(C)C1. The molecule has 0 aromatic carbocycles. The summed E-state index contributed by atoms with van der Waals surface area (Å²) in [5.41, 5.74) is 5.72. The van der Waals surface area contributed by atoms with Crippen molar-refractivity contribution < 1.29 is 4.74 Å². The number of hydrogen-bond acceptors (Lipinski definition) is 5. The van der Waals surface area contributed by atoms with Crippen molar-refractivity contribution in [1.29, 1.82) is 0 Å². The Kier molecular flexibility index (Phi) is 4.10. The first-order valence-electron chi connectivity index (χ1n) is 6.23. The number of anilines is 2. The largest absolute Gasteiger partial charge is 0.490 e. The Balaban J connectivity index is 1.88. The number of nitrogens with zero attached hydrogens (tertiary/aromatic N) is 1. The first-order valence-corrected chi connectivity index (χ1v) is 7.01. The molecule has 96 valence electrons. The molecule has 1 fully saturated rings. The molecule has 1 saturated carbocycles. The van der Waals surface area contributed by atoms with E-state index in [1.165, 1.54) is 37.2 Å². The van der Waals surface area contributed by atoms with Crippen molar-refractivity contribution in [3.63, 3.8) is 0 Å². The lowest BCUT2D eigenvalue weighted by molar-refractivity contribution is 0.293. The van der Waals surface area contributed by atoms with E-state index in [4.69, 9.17) is 10.5 Å². The number of rotatable bonds is 4. The van der Waals surface area contributed by atoms with Gasteiger partial charge in [0.2, 0.25) is 0 Å². The summed E-state index contributed by atoms with van der Waals surface area (Å²) in [5.74, 6) is 2.81. The van der Waals surface area contributed by atoms with Crippen LogP contribution < -0.4 is 15.8 Å². The summed E-state index contributed by atoms with van der Waals surface area (Å²) >= 11 is 1.38. The van der Waals surface area contributed by atoms with Gasteiger partial charge >= 0.3 is 0 Å². The molecule has 1 aromatic rings. The molecule has 1 aliphatic rings. The Hall–Kier alpha value is -0.970. The molecular formula is C12H21N3OS. The van der Waals surface area contributed by atoms with Crippen LogP contribution in [0.4, 0.5) is 10.8 Å². The fourth-order valence-electron chi connectivity index (χ4n) is 2.59. The number of nitrogen functional groups attached to an aromatic ring is 1. The second-order valence-corrected chi connectivity index (χ2v) is 5.72. The monoisotopic (exact) mass is 255 g/mol. The molecule has 3 N–H and O–H groups in total. The van der Waals surface area contributed by atoms with Gasteiger partial charge in [-0.2, -0.15) is 4.37 Å². The van der Waals surface area contributed by atoms with Gasteiger partial charge in [0.25, 0.3) is 0 Å². The third-order valence-electron chi connectivity index (χ3n) is 3.47. The first-order chi connectivity index (χ1) is 8.20. The Morgan fingerprint density at radius 1 is 1.53 bits per heavy atom. The smallest absolute Gasteiger partial charge is 0.197 e. The minimum Gasteiger partial charge on any atom is -0.490 e. The summed E-state index contributed by atoms with van der Waals surface area (Å²) in [5, 5.41) is 4.39. The minimum absolute atomic E-state index is 0.483. The van der Waals surface area contributed by atoms with E-state index in [-0.39, 0.29) is 0 Å². The van der Waals surface area contributed by atoms with Crippen LogP contribution in [-0.4, -0.2) is 18.0 Å². The van der Waals surface area contributed by atoms with Gasteiger partial charge in [0.15, 0.2) is 16.6 Å². The van der Waals surface area contributed by atoms with Gasteiger partial charge in [0.1, 0.15) is 0 Å². The highest BCUT2D eigenvalue weighted by atomic mass is 32.1. The van der Waals surface area contributed by atoms with Gasteiger partial charge < -0.3 is 15.8 Å². The molecule has 0 radical (unpaired) electrons. The molecule has 5 heteroatoms. The van der Waals surface area contributed by atoms with E-state index < -0.39 is 0 Å². The van der Waals surface area contributed by atoms with Gasteiger partial charge in [0.05, 0.1) is 7.11 Å². The summed E-state index contributed by atoms with van der Waals surface area (Å²) < 4.78 is 9.34. The van der Waals surface area contributed by atoms with Crippen LogP contribution in [0.25, 0.3) is 0 Å². The Morgan fingerprint density at radius 2 is 2.35 bits per heavy atom. The molecule has 2 unspecified atom stereocenters. The van der Waals surface area contributed by atoms with Crippen molar-refractivity contribution in [1.82, 2.24) is 4.37 Å². The van der Waals surface area contributed by atoms with Crippen LogP contribution in [0.15, 0.2) is 0 Å². The number of ether oxygens (including phenoxy) is 1. The van der Waals surface area contributed by atoms with Crippen molar-refractivity contribution >= 4 is 22.4 Å². The van der Waals surface area contributed by atoms with E-state index in [1.807, 2.05) is 0 Å². The first kappa shape index (κ1) is 12.5. The Labute approximate surface area is 107 Å². The molecule has 4 nitrogen and oxygen atoms in total. The summed E-state index contributed by atoms with van der Waals surface area (Å²) in [4.78, 5) is 0. The van der Waals surface area contributed by atoms with Crippen LogP contribution in [0.3, 0.4) is 0 Å². The average Bonchev–Trinajstić information content (AvgIpc) is 2.67. The van der Waals surface area contributed by atoms with Gasteiger partial charge in [-0.25, -0.2) is 0 Å². The van der Waals surface area contributed by atoms with Crippen LogP contribution in [-0.2, 0) is 0 Å². The predicted molar refractivity (Wildman–Crippen MR) is 72.7 cm³/mol. The third-order valence-corrected chi connectivity index (χ3v) is 4.27. The zero-order valence-corrected chi connectivity index (χ0v) is 11.3. The van der Waals surface area contributed by atoms with E-state index >= 15 is 0 Å². The zero-order chi connectivity index (χ0) is 12.3. The molecule has 2 rings (SSSR count). The maximum atomic E-state index is 5.72. The highest BCUT2D eigenvalue weighted by Gasteiger charge is 2.20. The number of aromatic nitrogens is 1.